The molecule has 0 unspecified atom stereocenters. The zero-order valence-electron chi connectivity index (χ0n) is 13.7. The maximum Gasteiger partial charge on any atom is 0.258 e. The van der Waals surface area contributed by atoms with Gasteiger partial charge in [-0.25, -0.2) is 0 Å². The highest BCUT2D eigenvalue weighted by Gasteiger charge is 2.15. The van der Waals surface area contributed by atoms with E-state index in [1.54, 1.807) is 28.6 Å². The van der Waals surface area contributed by atoms with Crippen LogP contribution in [0.3, 0.4) is 0 Å². The molecule has 1 N–H and O–H groups in total. The van der Waals surface area contributed by atoms with Gasteiger partial charge in [-0.05, 0) is 58.1 Å². The van der Waals surface area contributed by atoms with Gasteiger partial charge < -0.3 is 5.32 Å². The minimum absolute atomic E-state index is 0.302. The fourth-order valence-corrected chi connectivity index (χ4v) is 3.50. The average Bonchev–Trinajstić information content (AvgIpc) is 2.96. The molecule has 1 aromatic heterocycles. The standard InChI is InChI=1S/C18H14BrCl2N3OS/c1-26-13-6-7-16(21)14(8-13)18(25)22-17-15(19)10-24(23-17)9-11-2-4-12(20)5-3-11/h2-8,10H,9H2,1H3,(H,22,23,25). The van der Waals surface area contributed by atoms with Crippen LogP contribution in [-0.4, -0.2) is 21.9 Å². The molecule has 26 heavy (non-hydrogen) atoms. The zero-order valence-corrected chi connectivity index (χ0v) is 17.6. The van der Waals surface area contributed by atoms with E-state index < -0.39 is 0 Å². The molecule has 4 nitrogen and oxygen atoms in total. The summed E-state index contributed by atoms with van der Waals surface area (Å²) in [7, 11) is 0. The molecule has 0 atom stereocenters. The largest absolute Gasteiger partial charge is 0.304 e. The van der Waals surface area contributed by atoms with Crippen LogP contribution in [0.1, 0.15) is 15.9 Å². The van der Waals surface area contributed by atoms with E-state index in [4.69, 9.17) is 23.2 Å². The van der Waals surface area contributed by atoms with Gasteiger partial charge >= 0.3 is 0 Å². The minimum Gasteiger partial charge on any atom is -0.304 e. The maximum absolute atomic E-state index is 12.6. The molecule has 0 fully saturated rings. The van der Waals surface area contributed by atoms with E-state index >= 15 is 0 Å². The topological polar surface area (TPSA) is 46.9 Å². The van der Waals surface area contributed by atoms with Crippen molar-refractivity contribution in [2.45, 2.75) is 11.4 Å². The van der Waals surface area contributed by atoms with Crippen LogP contribution >= 0.6 is 50.9 Å². The number of thioether (sulfide) groups is 1. The third-order valence-corrected chi connectivity index (χ3v) is 5.51. The molecule has 0 spiro atoms. The van der Waals surface area contributed by atoms with Crippen molar-refractivity contribution in [3.63, 3.8) is 0 Å². The van der Waals surface area contributed by atoms with Gasteiger partial charge in [0, 0.05) is 16.1 Å². The number of nitrogens with zero attached hydrogens (tertiary/aromatic N) is 2. The Morgan fingerprint density at radius 1 is 1.23 bits per heavy atom. The van der Waals surface area contributed by atoms with E-state index in [2.05, 4.69) is 26.3 Å². The molecule has 1 heterocycles. The van der Waals surface area contributed by atoms with Gasteiger partial charge in [0.1, 0.15) is 0 Å². The van der Waals surface area contributed by atoms with Gasteiger partial charge in [0.15, 0.2) is 5.82 Å². The van der Waals surface area contributed by atoms with E-state index in [-0.39, 0.29) is 5.91 Å². The van der Waals surface area contributed by atoms with E-state index in [1.807, 2.05) is 42.8 Å². The first-order chi connectivity index (χ1) is 12.5. The third kappa shape index (κ3) is 4.62. The molecule has 0 radical (unpaired) electrons. The molecule has 3 rings (SSSR count). The third-order valence-electron chi connectivity index (χ3n) is 3.62. The molecule has 3 aromatic rings. The van der Waals surface area contributed by atoms with Crippen molar-refractivity contribution in [2.75, 3.05) is 11.6 Å². The summed E-state index contributed by atoms with van der Waals surface area (Å²) in [5, 5.41) is 8.31. The number of benzene rings is 2. The van der Waals surface area contributed by atoms with E-state index in [0.29, 0.717) is 32.4 Å². The van der Waals surface area contributed by atoms with Crippen LogP contribution in [0.4, 0.5) is 5.82 Å². The monoisotopic (exact) mass is 469 g/mol. The van der Waals surface area contributed by atoms with E-state index in [0.717, 1.165) is 10.5 Å². The predicted molar refractivity (Wildman–Crippen MR) is 112 cm³/mol. The zero-order chi connectivity index (χ0) is 18.7. The highest BCUT2D eigenvalue weighted by Crippen LogP contribution is 2.26. The van der Waals surface area contributed by atoms with E-state index in [9.17, 15) is 4.79 Å². The second-order valence-electron chi connectivity index (χ2n) is 5.45. The second kappa shape index (κ2) is 8.48. The lowest BCUT2D eigenvalue weighted by Crippen LogP contribution is -2.14. The number of carbonyl (C=O) groups is 1. The van der Waals surface area contributed by atoms with Crippen molar-refractivity contribution in [2.24, 2.45) is 0 Å². The maximum atomic E-state index is 12.6. The summed E-state index contributed by atoms with van der Waals surface area (Å²) >= 11 is 17.0. The summed E-state index contributed by atoms with van der Waals surface area (Å²) < 4.78 is 2.43. The summed E-state index contributed by atoms with van der Waals surface area (Å²) in [6.45, 7) is 0.564. The van der Waals surface area contributed by atoms with Crippen molar-refractivity contribution in [1.82, 2.24) is 9.78 Å². The van der Waals surface area contributed by atoms with Crippen LogP contribution in [-0.2, 0) is 6.54 Å². The van der Waals surface area contributed by atoms with Gasteiger partial charge in [-0.2, -0.15) is 5.10 Å². The van der Waals surface area contributed by atoms with Crippen molar-refractivity contribution < 1.29 is 4.79 Å². The van der Waals surface area contributed by atoms with Crippen LogP contribution in [0.15, 0.2) is 58.0 Å². The summed E-state index contributed by atoms with van der Waals surface area (Å²) in [6.07, 6.45) is 3.75. The van der Waals surface area contributed by atoms with Crippen molar-refractivity contribution in [3.8, 4) is 0 Å². The first-order valence-corrected chi connectivity index (χ1v) is 10.4. The predicted octanol–water partition coefficient (Wildman–Crippen LogP) is 5.97. The second-order valence-corrected chi connectivity index (χ2v) is 8.03. The van der Waals surface area contributed by atoms with Crippen molar-refractivity contribution in [3.05, 3.63) is 74.3 Å². The minimum atomic E-state index is -0.302. The van der Waals surface area contributed by atoms with Crippen LogP contribution in [0, 0.1) is 0 Å². The number of nitrogens with one attached hydrogen (secondary N) is 1. The molecule has 0 aliphatic heterocycles. The Balaban J connectivity index is 1.77. The molecule has 134 valence electrons. The molecular formula is C18H14BrCl2N3OS. The number of amides is 1. The van der Waals surface area contributed by atoms with Gasteiger partial charge in [-0.15, -0.1) is 11.8 Å². The Morgan fingerprint density at radius 3 is 2.65 bits per heavy atom. The fourth-order valence-electron chi connectivity index (χ4n) is 2.32. The molecule has 2 aromatic carbocycles. The van der Waals surface area contributed by atoms with Crippen LogP contribution in [0.5, 0.6) is 0 Å². The Hall–Kier alpha value is -1.47. The van der Waals surface area contributed by atoms with Crippen LogP contribution in [0.25, 0.3) is 0 Å². The van der Waals surface area contributed by atoms with Gasteiger partial charge in [0.25, 0.3) is 5.91 Å². The van der Waals surface area contributed by atoms with Gasteiger partial charge in [0.05, 0.1) is 21.6 Å². The lowest BCUT2D eigenvalue weighted by atomic mass is 10.2. The molecule has 0 saturated heterocycles. The lowest BCUT2D eigenvalue weighted by molar-refractivity contribution is 0.102. The van der Waals surface area contributed by atoms with Gasteiger partial charge in [-0.1, -0.05) is 35.3 Å². The summed E-state index contributed by atoms with van der Waals surface area (Å²) in [6, 6.07) is 12.9. The molecule has 0 aliphatic rings. The summed E-state index contributed by atoms with van der Waals surface area (Å²) in [5.74, 6) is 0.137. The molecule has 0 aliphatic carbocycles. The Bertz CT molecular complexity index is 944. The van der Waals surface area contributed by atoms with E-state index in [1.165, 1.54) is 0 Å². The molecular weight excluding hydrogens is 457 g/mol. The Kier molecular flexibility index (Phi) is 6.29. The quantitative estimate of drug-likeness (QED) is 0.467. The normalized spacial score (nSPS) is 10.8. The Morgan fingerprint density at radius 2 is 1.96 bits per heavy atom. The highest BCUT2D eigenvalue weighted by atomic mass is 79.9. The molecule has 0 saturated carbocycles. The number of rotatable bonds is 5. The smallest absolute Gasteiger partial charge is 0.258 e. The van der Waals surface area contributed by atoms with Crippen LogP contribution < -0.4 is 5.32 Å². The van der Waals surface area contributed by atoms with Gasteiger partial charge in [-0.3, -0.25) is 9.48 Å². The number of hydrogen-bond acceptors (Lipinski definition) is 3. The summed E-state index contributed by atoms with van der Waals surface area (Å²) in [5.41, 5.74) is 1.47. The SMILES string of the molecule is CSc1ccc(Cl)c(C(=O)Nc2nn(Cc3ccc(Cl)cc3)cc2Br)c1. The number of hydrogen-bond donors (Lipinski definition) is 1. The number of carbonyl (C=O) groups excluding carboxylic acids is 1. The summed E-state index contributed by atoms with van der Waals surface area (Å²) in [4.78, 5) is 13.5. The van der Waals surface area contributed by atoms with Crippen LogP contribution in [0.2, 0.25) is 10.0 Å². The highest BCUT2D eigenvalue weighted by molar-refractivity contribution is 9.10. The van der Waals surface area contributed by atoms with Gasteiger partial charge in [0.2, 0.25) is 0 Å². The molecule has 0 bridgehead atoms. The average molecular weight is 471 g/mol. The molecule has 1 amide bonds. The van der Waals surface area contributed by atoms with Crippen molar-refractivity contribution in [1.29, 1.82) is 0 Å². The molecule has 8 heteroatoms. The Labute approximate surface area is 174 Å². The first kappa shape index (κ1) is 19.3. The fraction of sp³-hybridized carbons (Fsp3) is 0.111. The number of halogens is 3. The lowest BCUT2D eigenvalue weighted by Gasteiger charge is -2.07. The first-order valence-electron chi connectivity index (χ1n) is 7.58. The number of anilines is 1. The van der Waals surface area contributed by atoms with Crippen molar-refractivity contribution >= 4 is 62.6 Å². The number of aromatic nitrogens is 2.